The first-order valence-electron chi connectivity index (χ1n) is 8.06. The van der Waals surface area contributed by atoms with Crippen molar-refractivity contribution in [3.8, 4) is 0 Å². The zero-order chi connectivity index (χ0) is 14.4. The van der Waals surface area contributed by atoms with E-state index in [2.05, 4.69) is 31.0 Å². The minimum Gasteiger partial charge on any atom is -0.389 e. The van der Waals surface area contributed by atoms with E-state index < -0.39 is 5.60 Å². The zero-order valence-corrected chi connectivity index (χ0v) is 13.5. The molecule has 1 fully saturated rings. The van der Waals surface area contributed by atoms with Gasteiger partial charge < -0.3 is 10.4 Å². The monoisotopic (exact) mass is 270 g/mol. The highest BCUT2D eigenvalue weighted by atomic mass is 16.3. The van der Waals surface area contributed by atoms with Crippen LogP contribution in [0.3, 0.4) is 0 Å². The maximum absolute atomic E-state index is 10.2. The molecule has 1 heterocycles. The summed E-state index contributed by atoms with van der Waals surface area (Å²) in [6, 6.07) is 0. The van der Waals surface area contributed by atoms with E-state index in [1.54, 1.807) is 0 Å². The van der Waals surface area contributed by atoms with Crippen molar-refractivity contribution in [2.75, 3.05) is 32.7 Å². The SMILES string of the molecule is CCCNCC(C)(CCC)CN1CCCC(C)(O)C1. The Morgan fingerprint density at radius 1 is 1.32 bits per heavy atom. The summed E-state index contributed by atoms with van der Waals surface area (Å²) in [6.45, 7) is 14.1. The second kappa shape index (κ2) is 7.61. The summed E-state index contributed by atoms with van der Waals surface area (Å²) < 4.78 is 0. The van der Waals surface area contributed by atoms with Crippen molar-refractivity contribution in [1.82, 2.24) is 10.2 Å². The lowest BCUT2D eigenvalue weighted by molar-refractivity contribution is -0.0277. The second-order valence-corrected chi connectivity index (χ2v) is 7.05. The van der Waals surface area contributed by atoms with Gasteiger partial charge in [-0.15, -0.1) is 0 Å². The van der Waals surface area contributed by atoms with Crippen molar-refractivity contribution >= 4 is 0 Å². The fraction of sp³-hybridized carbons (Fsp3) is 1.00. The van der Waals surface area contributed by atoms with E-state index in [-0.39, 0.29) is 0 Å². The molecule has 2 unspecified atom stereocenters. The number of nitrogens with one attached hydrogen (secondary N) is 1. The number of nitrogens with zero attached hydrogens (tertiary/aromatic N) is 1. The van der Waals surface area contributed by atoms with Gasteiger partial charge in [0.1, 0.15) is 0 Å². The predicted octanol–water partition coefficient (Wildman–Crippen LogP) is 2.64. The molecule has 0 aromatic carbocycles. The van der Waals surface area contributed by atoms with E-state index in [1.165, 1.54) is 19.3 Å². The molecule has 0 saturated carbocycles. The summed E-state index contributed by atoms with van der Waals surface area (Å²) in [6.07, 6.45) is 5.75. The summed E-state index contributed by atoms with van der Waals surface area (Å²) in [7, 11) is 0. The Bertz CT molecular complexity index is 255. The number of hydrogen-bond donors (Lipinski definition) is 2. The van der Waals surface area contributed by atoms with Gasteiger partial charge in [-0.05, 0) is 51.1 Å². The molecule has 0 spiro atoms. The third-order valence-corrected chi connectivity index (χ3v) is 4.19. The highest BCUT2D eigenvalue weighted by molar-refractivity contribution is 4.87. The van der Waals surface area contributed by atoms with Crippen LogP contribution in [0.2, 0.25) is 0 Å². The molecule has 0 aromatic rings. The van der Waals surface area contributed by atoms with E-state index in [4.69, 9.17) is 0 Å². The minimum absolute atomic E-state index is 0.331. The van der Waals surface area contributed by atoms with Crippen LogP contribution in [0.5, 0.6) is 0 Å². The molecule has 1 rings (SSSR count). The van der Waals surface area contributed by atoms with Crippen LogP contribution in [0, 0.1) is 5.41 Å². The lowest BCUT2D eigenvalue weighted by Gasteiger charge is -2.42. The van der Waals surface area contributed by atoms with Gasteiger partial charge in [0.25, 0.3) is 0 Å². The zero-order valence-electron chi connectivity index (χ0n) is 13.5. The number of likely N-dealkylation sites (tertiary alicyclic amines) is 1. The van der Waals surface area contributed by atoms with Crippen LogP contribution in [-0.2, 0) is 0 Å². The average Bonchev–Trinajstić information content (AvgIpc) is 2.28. The topological polar surface area (TPSA) is 35.5 Å². The van der Waals surface area contributed by atoms with E-state index in [0.29, 0.717) is 5.41 Å². The first-order chi connectivity index (χ1) is 8.91. The van der Waals surface area contributed by atoms with E-state index in [0.717, 1.165) is 45.6 Å². The van der Waals surface area contributed by atoms with Gasteiger partial charge in [-0.1, -0.05) is 27.2 Å². The summed E-state index contributed by atoms with van der Waals surface area (Å²) in [4.78, 5) is 2.47. The normalized spacial score (nSPS) is 28.3. The van der Waals surface area contributed by atoms with Crippen LogP contribution < -0.4 is 5.32 Å². The molecule has 0 bridgehead atoms. The van der Waals surface area contributed by atoms with Gasteiger partial charge in [0.05, 0.1) is 5.60 Å². The number of piperidine rings is 1. The Kier molecular flexibility index (Phi) is 6.78. The highest BCUT2D eigenvalue weighted by Crippen LogP contribution is 2.28. The summed E-state index contributed by atoms with van der Waals surface area (Å²) in [5, 5.41) is 13.8. The highest BCUT2D eigenvalue weighted by Gasteiger charge is 2.32. The molecule has 1 saturated heterocycles. The van der Waals surface area contributed by atoms with Gasteiger partial charge in [-0.25, -0.2) is 0 Å². The molecule has 2 N–H and O–H groups in total. The number of aliphatic hydroxyl groups is 1. The van der Waals surface area contributed by atoms with E-state index >= 15 is 0 Å². The third kappa shape index (κ3) is 6.24. The number of rotatable bonds is 8. The predicted molar refractivity (Wildman–Crippen MR) is 82.5 cm³/mol. The third-order valence-electron chi connectivity index (χ3n) is 4.19. The molecule has 0 amide bonds. The summed E-state index contributed by atoms with van der Waals surface area (Å²) in [5.41, 5.74) is -0.153. The molecular formula is C16H34N2O. The molecule has 0 radical (unpaired) electrons. The van der Waals surface area contributed by atoms with Crippen LogP contribution in [-0.4, -0.2) is 48.3 Å². The van der Waals surface area contributed by atoms with E-state index in [1.807, 2.05) is 6.92 Å². The van der Waals surface area contributed by atoms with Crippen LogP contribution in [0.15, 0.2) is 0 Å². The molecule has 19 heavy (non-hydrogen) atoms. The maximum Gasteiger partial charge on any atom is 0.0746 e. The Labute approximate surface area is 119 Å². The largest absolute Gasteiger partial charge is 0.389 e. The van der Waals surface area contributed by atoms with Crippen LogP contribution in [0.1, 0.15) is 59.8 Å². The molecule has 3 nitrogen and oxygen atoms in total. The Hall–Kier alpha value is -0.120. The van der Waals surface area contributed by atoms with Gasteiger partial charge in [0.15, 0.2) is 0 Å². The summed E-state index contributed by atoms with van der Waals surface area (Å²) >= 11 is 0. The molecule has 2 atom stereocenters. The molecule has 1 aliphatic rings. The van der Waals surface area contributed by atoms with Gasteiger partial charge in [0.2, 0.25) is 0 Å². The van der Waals surface area contributed by atoms with E-state index in [9.17, 15) is 5.11 Å². The molecule has 114 valence electrons. The van der Waals surface area contributed by atoms with Gasteiger partial charge in [-0.3, -0.25) is 4.90 Å². The fourth-order valence-corrected chi connectivity index (χ4v) is 3.39. The lowest BCUT2D eigenvalue weighted by Crippen LogP contribution is -2.51. The fourth-order valence-electron chi connectivity index (χ4n) is 3.39. The van der Waals surface area contributed by atoms with Gasteiger partial charge in [-0.2, -0.15) is 0 Å². The van der Waals surface area contributed by atoms with Crippen LogP contribution >= 0.6 is 0 Å². The van der Waals surface area contributed by atoms with Crippen molar-refractivity contribution in [2.24, 2.45) is 5.41 Å². The van der Waals surface area contributed by atoms with Gasteiger partial charge >= 0.3 is 0 Å². The second-order valence-electron chi connectivity index (χ2n) is 7.05. The maximum atomic E-state index is 10.2. The number of β-amino-alcohol motifs (C(OH)–C–C–N with tert-alkyl or cyclic N) is 1. The molecule has 0 aliphatic carbocycles. The molecule has 1 aliphatic heterocycles. The van der Waals surface area contributed by atoms with Crippen molar-refractivity contribution in [2.45, 2.75) is 65.4 Å². The van der Waals surface area contributed by atoms with Crippen molar-refractivity contribution in [3.05, 3.63) is 0 Å². The lowest BCUT2D eigenvalue weighted by atomic mass is 9.83. The molecule has 3 heteroatoms. The Morgan fingerprint density at radius 2 is 2.05 bits per heavy atom. The summed E-state index contributed by atoms with van der Waals surface area (Å²) in [5.74, 6) is 0. The average molecular weight is 270 g/mol. The number of hydrogen-bond acceptors (Lipinski definition) is 3. The first-order valence-corrected chi connectivity index (χ1v) is 8.06. The van der Waals surface area contributed by atoms with Gasteiger partial charge in [0, 0.05) is 19.6 Å². The van der Waals surface area contributed by atoms with Crippen molar-refractivity contribution in [1.29, 1.82) is 0 Å². The molecular weight excluding hydrogens is 236 g/mol. The van der Waals surface area contributed by atoms with Crippen LogP contribution in [0.25, 0.3) is 0 Å². The minimum atomic E-state index is -0.484. The Morgan fingerprint density at radius 3 is 2.63 bits per heavy atom. The van der Waals surface area contributed by atoms with Crippen molar-refractivity contribution in [3.63, 3.8) is 0 Å². The standard InChI is InChI=1S/C16H34N2O/c1-5-8-15(3,12-17-10-6-2)13-18-11-7-9-16(4,19)14-18/h17,19H,5-14H2,1-4H3. The Balaban J connectivity index is 2.51. The first kappa shape index (κ1) is 16.9. The quantitative estimate of drug-likeness (QED) is 0.666. The molecule has 0 aromatic heterocycles. The smallest absolute Gasteiger partial charge is 0.0746 e. The van der Waals surface area contributed by atoms with Crippen molar-refractivity contribution < 1.29 is 5.11 Å². The van der Waals surface area contributed by atoms with Crippen LogP contribution in [0.4, 0.5) is 0 Å².